The van der Waals surface area contributed by atoms with E-state index in [1.807, 2.05) is 5.43 Å². The van der Waals surface area contributed by atoms with Crippen LogP contribution in [-0.4, -0.2) is 22.7 Å². The Morgan fingerprint density at radius 1 is 1.47 bits per heavy atom. The van der Waals surface area contributed by atoms with Gasteiger partial charge in [-0.2, -0.15) is 0 Å². The molecule has 0 bridgehead atoms. The van der Waals surface area contributed by atoms with Crippen molar-refractivity contribution in [2.24, 2.45) is 5.84 Å². The second-order valence-electron chi connectivity index (χ2n) is 3.02. The number of aliphatic hydroxyl groups excluding tert-OH is 1. The van der Waals surface area contributed by atoms with E-state index in [2.05, 4.69) is 10.3 Å². The third kappa shape index (κ3) is 2.74. The standard InChI is InChI=1S/C8H12F2N4O/c1-4(3-15)12-7-5(9)2-6(10)8(13-7)14-11/h2,4,15H,3,11H2,1H3,(H2,12,13,14). The van der Waals surface area contributed by atoms with Gasteiger partial charge in [-0.15, -0.1) is 0 Å². The lowest BCUT2D eigenvalue weighted by atomic mass is 10.3. The summed E-state index contributed by atoms with van der Waals surface area (Å²) in [5.74, 6) is 2.84. The summed E-state index contributed by atoms with van der Waals surface area (Å²) in [4.78, 5) is 3.57. The topological polar surface area (TPSA) is 83.2 Å². The number of pyridine rings is 1. The van der Waals surface area contributed by atoms with Gasteiger partial charge >= 0.3 is 0 Å². The van der Waals surface area contributed by atoms with Crippen LogP contribution < -0.4 is 16.6 Å². The van der Waals surface area contributed by atoms with Crippen LogP contribution in [0.1, 0.15) is 6.92 Å². The maximum Gasteiger partial charge on any atom is 0.178 e. The highest BCUT2D eigenvalue weighted by Gasteiger charge is 2.12. The SMILES string of the molecule is CC(CO)Nc1nc(NN)c(F)cc1F. The molecule has 0 aromatic carbocycles. The van der Waals surface area contributed by atoms with Crippen LogP contribution >= 0.6 is 0 Å². The van der Waals surface area contributed by atoms with Gasteiger partial charge in [0.05, 0.1) is 6.61 Å². The number of halogens is 2. The molecule has 5 nitrogen and oxygen atoms in total. The molecular formula is C8H12F2N4O. The Morgan fingerprint density at radius 3 is 2.60 bits per heavy atom. The molecule has 1 unspecified atom stereocenters. The summed E-state index contributed by atoms with van der Waals surface area (Å²) in [5.41, 5.74) is 2.00. The molecule has 0 fully saturated rings. The number of anilines is 2. The van der Waals surface area contributed by atoms with Gasteiger partial charge in [-0.05, 0) is 6.92 Å². The molecule has 0 aliphatic rings. The fourth-order valence-corrected chi connectivity index (χ4v) is 0.948. The van der Waals surface area contributed by atoms with Crippen LogP contribution in [0.25, 0.3) is 0 Å². The molecule has 84 valence electrons. The molecule has 1 atom stereocenters. The van der Waals surface area contributed by atoms with E-state index in [-0.39, 0.29) is 24.3 Å². The monoisotopic (exact) mass is 218 g/mol. The minimum absolute atomic E-state index is 0.161. The van der Waals surface area contributed by atoms with Crippen molar-refractivity contribution in [1.82, 2.24) is 4.98 Å². The Labute approximate surface area is 85.3 Å². The number of nitrogens with two attached hydrogens (primary N) is 1. The van der Waals surface area contributed by atoms with E-state index in [0.29, 0.717) is 6.07 Å². The Balaban J connectivity index is 2.97. The van der Waals surface area contributed by atoms with Gasteiger partial charge in [0.1, 0.15) is 0 Å². The molecule has 15 heavy (non-hydrogen) atoms. The van der Waals surface area contributed by atoms with Gasteiger partial charge in [-0.25, -0.2) is 19.6 Å². The van der Waals surface area contributed by atoms with Gasteiger partial charge in [-0.1, -0.05) is 0 Å². The third-order valence-corrected chi connectivity index (χ3v) is 1.72. The number of nitrogens with zero attached hydrogens (tertiary/aromatic N) is 1. The zero-order valence-corrected chi connectivity index (χ0v) is 8.09. The second-order valence-corrected chi connectivity index (χ2v) is 3.02. The number of hydrogen-bond acceptors (Lipinski definition) is 5. The predicted octanol–water partition coefficient (Wildman–Crippen LogP) is 0.438. The number of hydrazine groups is 1. The van der Waals surface area contributed by atoms with Gasteiger partial charge < -0.3 is 15.8 Å². The van der Waals surface area contributed by atoms with Crippen molar-refractivity contribution in [3.05, 3.63) is 17.7 Å². The highest BCUT2D eigenvalue weighted by atomic mass is 19.1. The maximum absolute atomic E-state index is 13.1. The van der Waals surface area contributed by atoms with Crippen LogP contribution in [0.3, 0.4) is 0 Å². The average molecular weight is 218 g/mol. The van der Waals surface area contributed by atoms with Gasteiger partial charge in [0.15, 0.2) is 23.3 Å². The molecule has 1 aromatic rings. The fourth-order valence-electron chi connectivity index (χ4n) is 0.948. The van der Waals surface area contributed by atoms with Crippen molar-refractivity contribution in [2.75, 3.05) is 17.3 Å². The summed E-state index contributed by atoms with van der Waals surface area (Å²) in [5, 5.41) is 11.3. The molecule has 1 rings (SSSR count). The van der Waals surface area contributed by atoms with Crippen LogP contribution in [0.2, 0.25) is 0 Å². The number of aromatic nitrogens is 1. The van der Waals surface area contributed by atoms with E-state index >= 15 is 0 Å². The van der Waals surface area contributed by atoms with Crippen LogP contribution in [0.5, 0.6) is 0 Å². The Hall–Kier alpha value is -1.47. The quantitative estimate of drug-likeness (QED) is 0.435. The first-order valence-corrected chi connectivity index (χ1v) is 4.28. The first-order chi connectivity index (χ1) is 7.08. The lowest BCUT2D eigenvalue weighted by Crippen LogP contribution is -2.22. The summed E-state index contributed by atoms with van der Waals surface area (Å²) < 4.78 is 26.1. The van der Waals surface area contributed by atoms with Crippen LogP contribution in [0, 0.1) is 11.6 Å². The van der Waals surface area contributed by atoms with Crippen molar-refractivity contribution < 1.29 is 13.9 Å². The summed E-state index contributed by atoms with van der Waals surface area (Å²) in [6.45, 7) is 1.43. The first-order valence-electron chi connectivity index (χ1n) is 4.28. The van der Waals surface area contributed by atoms with E-state index in [0.717, 1.165) is 0 Å². The van der Waals surface area contributed by atoms with Crippen LogP contribution in [-0.2, 0) is 0 Å². The molecule has 0 spiro atoms. The maximum atomic E-state index is 13.1. The highest BCUT2D eigenvalue weighted by molar-refractivity contribution is 5.47. The van der Waals surface area contributed by atoms with Gasteiger partial charge in [0.25, 0.3) is 0 Å². The summed E-state index contributed by atoms with van der Waals surface area (Å²) in [6, 6.07) is 0.275. The van der Waals surface area contributed by atoms with Gasteiger partial charge in [0.2, 0.25) is 0 Å². The molecule has 0 saturated heterocycles. The van der Waals surface area contributed by atoms with Crippen LogP contribution in [0.15, 0.2) is 6.07 Å². The van der Waals surface area contributed by atoms with E-state index in [4.69, 9.17) is 10.9 Å². The van der Waals surface area contributed by atoms with E-state index < -0.39 is 11.6 Å². The molecule has 1 heterocycles. The van der Waals surface area contributed by atoms with Crippen molar-refractivity contribution in [1.29, 1.82) is 0 Å². The summed E-state index contributed by atoms with van der Waals surface area (Å²) in [7, 11) is 0. The Kier molecular flexibility index (Phi) is 3.75. The number of hydrogen-bond donors (Lipinski definition) is 4. The number of nitrogen functional groups attached to an aromatic ring is 1. The summed E-state index contributed by atoms with van der Waals surface area (Å²) >= 11 is 0. The average Bonchev–Trinajstić information content (AvgIpc) is 2.21. The zero-order valence-electron chi connectivity index (χ0n) is 8.09. The largest absolute Gasteiger partial charge is 0.394 e. The number of rotatable bonds is 4. The van der Waals surface area contributed by atoms with Crippen molar-refractivity contribution in [3.8, 4) is 0 Å². The lowest BCUT2D eigenvalue weighted by Gasteiger charge is -2.13. The van der Waals surface area contributed by atoms with Gasteiger partial charge in [-0.3, -0.25) is 0 Å². The summed E-state index contributed by atoms with van der Waals surface area (Å²) in [6.07, 6.45) is 0. The van der Waals surface area contributed by atoms with Crippen molar-refractivity contribution >= 4 is 11.6 Å². The Morgan fingerprint density at radius 2 is 2.07 bits per heavy atom. The smallest absolute Gasteiger partial charge is 0.178 e. The lowest BCUT2D eigenvalue weighted by molar-refractivity contribution is 0.281. The molecule has 0 radical (unpaired) electrons. The zero-order chi connectivity index (χ0) is 11.4. The molecule has 0 saturated carbocycles. The van der Waals surface area contributed by atoms with E-state index in [9.17, 15) is 8.78 Å². The normalized spacial score (nSPS) is 12.3. The minimum Gasteiger partial charge on any atom is -0.394 e. The minimum atomic E-state index is -0.878. The highest BCUT2D eigenvalue weighted by Crippen LogP contribution is 2.18. The number of nitrogens with one attached hydrogen (secondary N) is 2. The number of aliphatic hydroxyl groups is 1. The molecule has 0 aliphatic heterocycles. The fraction of sp³-hybridized carbons (Fsp3) is 0.375. The molecule has 0 amide bonds. The molecule has 1 aromatic heterocycles. The first kappa shape index (κ1) is 11.6. The van der Waals surface area contributed by atoms with E-state index in [1.165, 1.54) is 0 Å². The predicted molar refractivity (Wildman–Crippen MR) is 52.1 cm³/mol. The Bertz CT molecular complexity index is 348. The van der Waals surface area contributed by atoms with Crippen molar-refractivity contribution in [3.63, 3.8) is 0 Å². The van der Waals surface area contributed by atoms with Gasteiger partial charge in [0, 0.05) is 12.1 Å². The van der Waals surface area contributed by atoms with E-state index in [1.54, 1.807) is 6.92 Å². The second kappa shape index (κ2) is 4.85. The molecule has 7 heteroatoms. The van der Waals surface area contributed by atoms with Crippen LogP contribution in [0.4, 0.5) is 20.4 Å². The van der Waals surface area contributed by atoms with Crippen molar-refractivity contribution in [2.45, 2.75) is 13.0 Å². The molecular weight excluding hydrogens is 206 g/mol. The third-order valence-electron chi connectivity index (χ3n) is 1.72. The molecule has 5 N–H and O–H groups in total. The molecule has 0 aliphatic carbocycles.